The lowest BCUT2D eigenvalue weighted by atomic mass is 10.3. The molecule has 0 saturated heterocycles. The molecule has 2 aromatic heterocycles. The Bertz CT molecular complexity index is 602. The van der Waals surface area contributed by atoms with Crippen LogP contribution in [0.5, 0.6) is 0 Å². The van der Waals surface area contributed by atoms with E-state index in [-0.39, 0.29) is 5.56 Å². The second-order valence-corrected chi connectivity index (χ2v) is 3.79. The summed E-state index contributed by atoms with van der Waals surface area (Å²) in [5.74, 6) is 0. The number of nitrogens with zero attached hydrogens (tertiary/aromatic N) is 3. The van der Waals surface area contributed by atoms with E-state index in [4.69, 9.17) is 5.26 Å². The van der Waals surface area contributed by atoms with Crippen LogP contribution in [-0.2, 0) is 0 Å². The minimum Gasteiger partial charge on any atom is -0.301 e. The molecule has 16 heavy (non-hydrogen) atoms. The van der Waals surface area contributed by atoms with E-state index in [1.807, 2.05) is 6.07 Å². The molecule has 0 saturated carbocycles. The summed E-state index contributed by atoms with van der Waals surface area (Å²) in [6.07, 6.45) is 3.00. The van der Waals surface area contributed by atoms with E-state index in [1.165, 1.54) is 12.3 Å². The van der Waals surface area contributed by atoms with Crippen LogP contribution in [0.1, 0.15) is 5.56 Å². The summed E-state index contributed by atoms with van der Waals surface area (Å²) in [6.45, 7) is 0. The number of hydrogen-bond donors (Lipinski definition) is 1. The maximum absolute atomic E-state index is 11.0. The minimum absolute atomic E-state index is 0.230. The summed E-state index contributed by atoms with van der Waals surface area (Å²) < 4.78 is 0. The molecule has 1 N–H and O–H groups in total. The summed E-state index contributed by atoms with van der Waals surface area (Å²) in [5.41, 5.74) is 0.228. The van der Waals surface area contributed by atoms with Crippen molar-refractivity contribution in [2.24, 2.45) is 0 Å². The zero-order valence-electron chi connectivity index (χ0n) is 8.04. The van der Waals surface area contributed by atoms with E-state index in [0.29, 0.717) is 15.7 Å². The SMILES string of the molecule is N#Cc1cccnc1Sc1nccc(=O)[nH]1. The number of nitrogens with one attached hydrogen (secondary N) is 1. The van der Waals surface area contributed by atoms with Crippen LogP contribution in [0.25, 0.3) is 0 Å². The third-order valence-electron chi connectivity index (χ3n) is 1.73. The Morgan fingerprint density at radius 1 is 1.31 bits per heavy atom. The molecule has 0 radical (unpaired) electrons. The molecule has 78 valence electrons. The molecular formula is C10H6N4OS. The second kappa shape index (κ2) is 4.59. The number of aromatic nitrogens is 3. The van der Waals surface area contributed by atoms with E-state index >= 15 is 0 Å². The summed E-state index contributed by atoms with van der Waals surface area (Å²) in [6, 6.07) is 6.70. The zero-order valence-corrected chi connectivity index (χ0v) is 8.86. The van der Waals surface area contributed by atoms with Gasteiger partial charge in [-0.05, 0) is 23.9 Å². The predicted molar refractivity (Wildman–Crippen MR) is 57.9 cm³/mol. The maximum atomic E-state index is 11.0. The Morgan fingerprint density at radius 2 is 2.19 bits per heavy atom. The van der Waals surface area contributed by atoms with Crippen LogP contribution in [0.2, 0.25) is 0 Å². The molecule has 0 bridgehead atoms. The van der Waals surface area contributed by atoms with Crippen molar-refractivity contribution in [1.82, 2.24) is 15.0 Å². The molecule has 6 heteroatoms. The van der Waals surface area contributed by atoms with Crippen molar-refractivity contribution in [1.29, 1.82) is 5.26 Å². The van der Waals surface area contributed by atoms with Gasteiger partial charge in [0.25, 0.3) is 5.56 Å². The van der Waals surface area contributed by atoms with Gasteiger partial charge in [-0.15, -0.1) is 0 Å². The Labute approximate surface area is 95.2 Å². The highest BCUT2D eigenvalue weighted by atomic mass is 32.2. The van der Waals surface area contributed by atoms with E-state index in [0.717, 1.165) is 11.8 Å². The van der Waals surface area contributed by atoms with Crippen molar-refractivity contribution in [2.75, 3.05) is 0 Å². The summed E-state index contributed by atoms with van der Waals surface area (Å²) in [4.78, 5) is 21.6. The Hall–Kier alpha value is -2.13. The highest BCUT2D eigenvalue weighted by Crippen LogP contribution is 2.23. The Kier molecular flexibility index (Phi) is 2.98. The van der Waals surface area contributed by atoms with E-state index in [1.54, 1.807) is 18.3 Å². The van der Waals surface area contributed by atoms with Gasteiger partial charge in [-0.3, -0.25) is 4.79 Å². The fraction of sp³-hybridized carbons (Fsp3) is 0. The van der Waals surface area contributed by atoms with Crippen molar-refractivity contribution < 1.29 is 0 Å². The monoisotopic (exact) mass is 230 g/mol. The molecule has 0 fully saturated rings. The minimum atomic E-state index is -0.230. The van der Waals surface area contributed by atoms with Crippen molar-refractivity contribution in [3.8, 4) is 6.07 Å². The fourth-order valence-corrected chi connectivity index (χ4v) is 1.84. The first-order valence-corrected chi connectivity index (χ1v) is 5.19. The highest BCUT2D eigenvalue weighted by Gasteiger charge is 2.05. The standard InChI is InChI=1S/C10H6N4OS/c11-6-7-2-1-4-12-9(7)16-10-13-5-3-8(15)14-10/h1-5H,(H,13,14,15). The number of aromatic amines is 1. The van der Waals surface area contributed by atoms with Gasteiger partial charge in [0, 0.05) is 18.5 Å². The molecule has 0 unspecified atom stereocenters. The van der Waals surface area contributed by atoms with Gasteiger partial charge in [-0.2, -0.15) is 5.26 Å². The lowest BCUT2D eigenvalue weighted by molar-refractivity contribution is 0.931. The fourth-order valence-electron chi connectivity index (χ4n) is 1.05. The zero-order chi connectivity index (χ0) is 11.4. The average molecular weight is 230 g/mol. The van der Waals surface area contributed by atoms with E-state index < -0.39 is 0 Å². The first kappa shape index (κ1) is 10.4. The third kappa shape index (κ3) is 2.27. The van der Waals surface area contributed by atoms with Crippen LogP contribution in [0, 0.1) is 11.3 Å². The van der Waals surface area contributed by atoms with Crippen LogP contribution >= 0.6 is 11.8 Å². The molecule has 0 amide bonds. The number of hydrogen-bond acceptors (Lipinski definition) is 5. The second-order valence-electron chi connectivity index (χ2n) is 2.81. The molecule has 5 nitrogen and oxygen atoms in total. The Morgan fingerprint density at radius 3 is 2.94 bits per heavy atom. The van der Waals surface area contributed by atoms with Crippen molar-refractivity contribution in [3.05, 3.63) is 46.5 Å². The van der Waals surface area contributed by atoms with Gasteiger partial charge >= 0.3 is 0 Å². The highest BCUT2D eigenvalue weighted by molar-refractivity contribution is 7.99. The molecule has 0 aliphatic rings. The molecule has 2 aromatic rings. The molecule has 0 aromatic carbocycles. The number of pyridine rings is 1. The molecule has 0 atom stereocenters. The van der Waals surface area contributed by atoms with Crippen LogP contribution < -0.4 is 5.56 Å². The van der Waals surface area contributed by atoms with Crippen molar-refractivity contribution in [3.63, 3.8) is 0 Å². The summed E-state index contributed by atoms with van der Waals surface area (Å²) in [7, 11) is 0. The molecule has 0 spiro atoms. The van der Waals surface area contributed by atoms with Gasteiger partial charge in [-0.25, -0.2) is 9.97 Å². The lowest BCUT2D eigenvalue weighted by Crippen LogP contribution is -2.05. The van der Waals surface area contributed by atoms with Gasteiger partial charge in [0.2, 0.25) is 0 Å². The quantitative estimate of drug-likeness (QED) is 0.783. The summed E-state index contributed by atoms with van der Waals surface area (Å²) >= 11 is 1.15. The first-order valence-electron chi connectivity index (χ1n) is 4.38. The molecule has 2 rings (SSSR count). The van der Waals surface area contributed by atoms with Crippen LogP contribution in [0.15, 0.2) is 45.6 Å². The number of rotatable bonds is 2. The van der Waals surface area contributed by atoms with Gasteiger partial charge in [0.15, 0.2) is 5.16 Å². The van der Waals surface area contributed by atoms with Gasteiger partial charge < -0.3 is 4.98 Å². The van der Waals surface area contributed by atoms with Crippen LogP contribution in [0.3, 0.4) is 0 Å². The molecular weight excluding hydrogens is 224 g/mol. The van der Waals surface area contributed by atoms with Crippen LogP contribution in [0.4, 0.5) is 0 Å². The summed E-state index contributed by atoms with van der Waals surface area (Å²) in [5, 5.41) is 9.80. The van der Waals surface area contributed by atoms with Gasteiger partial charge in [0.05, 0.1) is 5.56 Å². The smallest absolute Gasteiger partial charge is 0.251 e. The average Bonchev–Trinajstić information content (AvgIpc) is 2.30. The Balaban J connectivity index is 2.35. The van der Waals surface area contributed by atoms with Gasteiger partial charge in [0.1, 0.15) is 11.1 Å². The number of nitriles is 1. The van der Waals surface area contributed by atoms with Gasteiger partial charge in [-0.1, -0.05) is 0 Å². The van der Waals surface area contributed by atoms with Crippen molar-refractivity contribution >= 4 is 11.8 Å². The lowest BCUT2D eigenvalue weighted by Gasteiger charge is -2.00. The van der Waals surface area contributed by atoms with E-state index in [2.05, 4.69) is 15.0 Å². The largest absolute Gasteiger partial charge is 0.301 e. The molecule has 0 aliphatic carbocycles. The first-order chi connectivity index (χ1) is 7.79. The maximum Gasteiger partial charge on any atom is 0.251 e. The third-order valence-corrected chi connectivity index (χ3v) is 2.65. The number of H-pyrrole nitrogens is 1. The molecule has 2 heterocycles. The molecule has 0 aliphatic heterocycles. The van der Waals surface area contributed by atoms with Crippen molar-refractivity contribution in [2.45, 2.75) is 10.2 Å². The topological polar surface area (TPSA) is 82.4 Å². The predicted octanol–water partition coefficient (Wildman–Crippen LogP) is 1.19. The van der Waals surface area contributed by atoms with Crippen LogP contribution in [-0.4, -0.2) is 15.0 Å². The normalized spacial score (nSPS) is 9.69. The van der Waals surface area contributed by atoms with E-state index in [9.17, 15) is 4.79 Å².